The number of fused-ring (bicyclic) bond motifs is 1. The summed E-state index contributed by atoms with van der Waals surface area (Å²) in [6.45, 7) is 0. The van der Waals surface area contributed by atoms with Gasteiger partial charge in [-0.25, -0.2) is 0 Å². The first-order valence-corrected chi connectivity index (χ1v) is 7.81. The van der Waals surface area contributed by atoms with Crippen LogP contribution in [0, 0.1) is 0 Å². The van der Waals surface area contributed by atoms with Crippen molar-refractivity contribution in [2.75, 3.05) is 21.3 Å². The Labute approximate surface area is 150 Å². The van der Waals surface area contributed by atoms with Crippen molar-refractivity contribution < 1.29 is 28.5 Å². The molecule has 3 rings (SSSR count). The largest absolute Gasteiger partial charge is 0.504 e. The lowest BCUT2D eigenvalue weighted by Gasteiger charge is -2.13. The molecular formula is C20H18O6. The zero-order chi connectivity index (χ0) is 18.7. The van der Waals surface area contributed by atoms with Crippen LogP contribution in [0.3, 0.4) is 0 Å². The number of hydrogen-bond acceptors (Lipinski definition) is 6. The third-order valence-corrected chi connectivity index (χ3v) is 4.00. The molecule has 0 aliphatic carbocycles. The zero-order valence-electron chi connectivity index (χ0n) is 14.6. The molecule has 1 heterocycles. The Morgan fingerprint density at radius 3 is 2.46 bits per heavy atom. The van der Waals surface area contributed by atoms with Crippen LogP contribution in [0.5, 0.6) is 23.0 Å². The van der Waals surface area contributed by atoms with Gasteiger partial charge in [-0.05, 0) is 24.3 Å². The van der Waals surface area contributed by atoms with Crippen molar-refractivity contribution >= 4 is 22.8 Å². The van der Waals surface area contributed by atoms with Crippen molar-refractivity contribution in [1.29, 1.82) is 0 Å². The lowest BCUT2D eigenvalue weighted by atomic mass is 10.0. The maximum atomic E-state index is 12.8. The predicted molar refractivity (Wildman–Crippen MR) is 97.3 cm³/mol. The maximum Gasteiger partial charge on any atom is 0.205 e. The molecule has 0 amide bonds. The molecule has 2 aromatic carbocycles. The van der Waals surface area contributed by atoms with Crippen LogP contribution >= 0.6 is 0 Å². The summed E-state index contributed by atoms with van der Waals surface area (Å²) in [6, 6.07) is 8.94. The fourth-order valence-corrected chi connectivity index (χ4v) is 2.81. The number of phenols is 1. The molecule has 0 aliphatic heterocycles. The van der Waals surface area contributed by atoms with E-state index in [1.165, 1.54) is 26.6 Å². The van der Waals surface area contributed by atoms with Gasteiger partial charge in [-0.1, -0.05) is 18.2 Å². The third-order valence-electron chi connectivity index (χ3n) is 4.00. The van der Waals surface area contributed by atoms with E-state index in [1.807, 2.05) is 18.2 Å². The van der Waals surface area contributed by atoms with E-state index in [4.69, 9.17) is 18.6 Å². The maximum absolute atomic E-state index is 12.8. The number of ether oxygens (including phenoxy) is 3. The van der Waals surface area contributed by atoms with Crippen LogP contribution in [-0.2, 0) is 0 Å². The average molecular weight is 354 g/mol. The first kappa shape index (κ1) is 17.4. The number of aromatic hydroxyl groups is 1. The molecule has 26 heavy (non-hydrogen) atoms. The number of benzene rings is 2. The smallest absolute Gasteiger partial charge is 0.205 e. The van der Waals surface area contributed by atoms with Crippen LogP contribution in [0.4, 0.5) is 0 Å². The molecule has 0 bridgehead atoms. The molecule has 134 valence electrons. The molecule has 0 spiro atoms. The zero-order valence-corrected chi connectivity index (χ0v) is 14.6. The number of allylic oxidation sites excluding steroid dienone is 1. The molecule has 3 aromatic rings. The summed E-state index contributed by atoms with van der Waals surface area (Å²) in [6.07, 6.45) is 4.40. The average Bonchev–Trinajstić information content (AvgIpc) is 3.14. The van der Waals surface area contributed by atoms with Crippen LogP contribution in [0.1, 0.15) is 15.9 Å². The Kier molecular flexibility index (Phi) is 4.84. The summed E-state index contributed by atoms with van der Waals surface area (Å²) in [4.78, 5) is 12.8. The highest BCUT2D eigenvalue weighted by Crippen LogP contribution is 2.45. The Bertz CT molecular complexity index is 983. The topological polar surface area (TPSA) is 78.1 Å². The molecule has 6 heteroatoms. The van der Waals surface area contributed by atoms with E-state index in [2.05, 4.69) is 0 Å². The van der Waals surface area contributed by atoms with Gasteiger partial charge in [0.2, 0.25) is 5.75 Å². The molecule has 0 fully saturated rings. The van der Waals surface area contributed by atoms with E-state index < -0.39 is 5.78 Å². The van der Waals surface area contributed by atoms with E-state index in [0.29, 0.717) is 16.7 Å². The first-order chi connectivity index (χ1) is 12.6. The van der Waals surface area contributed by atoms with Gasteiger partial charge in [-0.15, -0.1) is 0 Å². The lowest BCUT2D eigenvalue weighted by molar-refractivity contribution is 0.104. The molecule has 1 aromatic heterocycles. The van der Waals surface area contributed by atoms with E-state index >= 15 is 0 Å². The van der Waals surface area contributed by atoms with Gasteiger partial charge in [0.25, 0.3) is 0 Å². The number of methoxy groups -OCH3 is 3. The third kappa shape index (κ3) is 2.86. The molecule has 0 radical (unpaired) electrons. The second-order valence-electron chi connectivity index (χ2n) is 5.39. The standard InChI is InChI=1S/C20H18O6/c1-23-15-7-5-4-6-12(15)8-9-14(21)16-17(22)20(25-3)19-13(10-11-26-19)18(16)24-2/h4-11,22H,1-3H3. The van der Waals surface area contributed by atoms with E-state index in [-0.39, 0.29) is 22.8 Å². The number of phenolic OH excluding ortho intramolecular Hbond substituents is 1. The minimum absolute atomic E-state index is 0.00407. The fourth-order valence-electron chi connectivity index (χ4n) is 2.81. The molecule has 0 unspecified atom stereocenters. The van der Waals surface area contributed by atoms with E-state index in [9.17, 15) is 9.90 Å². The molecule has 0 aliphatic rings. The number of rotatable bonds is 6. The second kappa shape index (κ2) is 7.23. The second-order valence-corrected chi connectivity index (χ2v) is 5.39. The summed E-state index contributed by atoms with van der Waals surface area (Å²) in [5, 5.41) is 11.1. The minimum Gasteiger partial charge on any atom is -0.504 e. The van der Waals surface area contributed by atoms with Crippen LogP contribution in [-0.4, -0.2) is 32.2 Å². The van der Waals surface area contributed by atoms with Crippen LogP contribution in [0.15, 0.2) is 47.1 Å². The number of furan rings is 1. The highest BCUT2D eigenvalue weighted by Gasteiger charge is 2.26. The minimum atomic E-state index is -0.438. The van der Waals surface area contributed by atoms with E-state index in [0.717, 1.165) is 5.56 Å². The lowest BCUT2D eigenvalue weighted by Crippen LogP contribution is -2.02. The van der Waals surface area contributed by atoms with Crippen molar-refractivity contribution in [1.82, 2.24) is 0 Å². The predicted octanol–water partition coefficient (Wildman–Crippen LogP) is 4.06. The van der Waals surface area contributed by atoms with Gasteiger partial charge in [0.05, 0.1) is 33.0 Å². The van der Waals surface area contributed by atoms with Crippen molar-refractivity contribution in [3.8, 4) is 23.0 Å². The first-order valence-electron chi connectivity index (χ1n) is 7.81. The molecule has 1 N–H and O–H groups in total. The summed E-state index contributed by atoms with van der Waals surface area (Å²) in [7, 11) is 4.37. The normalized spacial score (nSPS) is 11.0. The fraction of sp³-hybridized carbons (Fsp3) is 0.150. The molecule has 0 atom stereocenters. The highest BCUT2D eigenvalue weighted by molar-refractivity contribution is 6.15. The van der Waals surface area contributed by atoms with Crippen molar-refractivity contribution in [3.63, 3.8) is 0 Å². The summed E-state index contributed by atoms with van der Waals surface area (Å²) in [5.74, 6) is 0.172. The Morgan fingerprint density at radius 1 is 1.04 bits per heavy atom. The summed E-state index contributed by atoms with van der Waals surface area (Å²) >= 11 is 0. The summed E-state index contributed by atoms with van der Waals surface area (Å²) < 4.78 is 21.2. The molecule has 0 saturated heterocycles. The van der Waals surface area contributed by atoms with Crippen LogP contribution in [0.25, 0.3) is 17.0 Å². The molecule has 0 saturated carbocycles. The summed E-state index contributed by atoms with van der Waals surface area (Å²) in [5.41, 5.74) is 1.05. The van der Waals surface area contributed by atoms with Crippen molar-refractivity contribution in [3.05, 3.63) is 53.8 Å². The van der Waals surface area contributed by atoms with Gasteiger partial charge < -0.3 is 23.7 Å². The van der Waals surface area contributed by atoms with Crippen LogP contribution in [0.2, 0.25) is 0 Å². The van der Waals surface area contributed by atoms with E-state index in [1.54, 1.807) is 25.3 Å². The number of ketones is 1. The van der Waals surface area contributed by atoms with Crippen molar-refractivity contribution in [2.24, 2.45) is 0 Å². The van der Waals surface area contributed by atoms with Gasteiger partial charge in [-0.2, -0.15) is 0 Å². The molecule has 6 nitrogen and oxygen atoms in total. The Hall–Kier alpha value is -3.41. The van der Waals surface area contributed by atoms with Crippen molar-refractivity contribution in [2.45, 2.75) is 0 Å². The quantitative estimate of drug-likeness (QED) is 0.531. The Morgan fingerprint density at radius 2 is 1.77 bits per heavy atom. The number of carbonyl (C=O) groups is 1. The van der Waals surface area contributed by atoms with Gasteiger partial charge in [0.15, 0.2) is 17.1 Å². The molecular weight excluding hydrogens is 336 g/mol. The van der Waals surface area contributed by atoms with Gasteiger partial charge in [0.1, 0.15) is 17.1 Å². The highest BCUT2D eigenvalue weighted by atomic mass is 16.5. The van der Waals surface area contributed by atoms with Gasteiger partial charge in [-0.3, -0.25) is 4.79 Å². The van der Waals surface area contributed by atoms with Gasteiger partial charge in [0, 0.05) is 5.56 Å². The van der Waals surface area contributed by atoms with Crippen LogP contribution < -0.4 is 14.2 Å². The monoisotopic (exact) mass is 354 g/mol. The number of para-hydroxylation sites is 1. The van der Waals surface area contributed by atoms with Gasteiger partial charge >= 0.3 is 0 Å². The SMILES string of the molecule is COc1ccccc1C=CC(=O)c1c(O)c(OC)c2occc2c1OC. The number of hydrogen-bond donors (Lipinski definition) is 1. The Balaban J connectivity index is 2.11. The number of carbonyl (C=O) groups excluding carboxylic acids is 1.